The monoisotopic (exact) mass is 242 g/mol. The Labute approximate surface area is 99.1 Å². The van der Waals surface area contributed by atoms with Crippen LogP contribution in [0.1, 0.15) is 32.1 Å². The lowest BCUT2D eigenvalue weighted by Gasteiger charge is -2.16. The molecule has 1 aliphatic carbocycles. The van der Waals surface area contributed by atoms with Gasteiger partial charge in [-0.15, -0.1) is 0 Å². The van der Waals surface area contributed by atoms with Crippen LogP contribution < -0.4 is 0 Å². The Morgan fingerprint density at radius 3 is 2.69 bits per heavy atom. The van der Waals surface area contributed by atoms with Crippen LogP contribution in [0.25, 0.3) is 0 Å². The van der Waals surface area contributed by atoms with Gasteiger partial charge in [0.2, 0.25) is 5.91 Å². The fourth-order valence-corrected chi connectivity index (χ4v) is 3.40. The van der Waals surface area contributed by atoms with E-state index in [1.54, 1.807) is 7.05 Å². The van der Waals surface area contributed by atoms with Crippen LogP contribution >= 0.6 is 0 Å². The first-order valence-corrected chi connectivity index (χ1v) is 7.01. The quantitative estimate of drug-likeness (QED) is 0.724. The highest BCUT2D eigenvalue weighted by atomic mass is 32.2. The Bertz CT molecular complexity index is 306. The van der Waals surface area contributed by atoms with E-state index in [9.17, 15) is 9.00 Å². The summed E-state index contributed by atoms with van der Waals surface area (Å²) >= 11 is 0. The molecule has 16 heavy (non-hydrogen) atoms. The van der Waals surface area contributed by atoms with Crippen molar-refractivity contribution in [2.24, 2.45) is 0 Å². The molecule has 0 saturated heterocycles. The van der Waals surface area contributed by atoms with E-state index in [1.807, 2.05) is 6.07 Å². The number of nitrogens with zero attached hydrogens (tertiary/aromatic N) is 2. The Hall–Kier alpha value is -0.890. The van der Waals surface area contributed by atoms with Gasteiger partial charge >= 0.3 is 0 Å². The molecule has 0 N–H and O–H groups in total. The molecule has 0 aliphatic heterocycles. The van der Waals surface area contributed by atoms with E-state index in [2.05, 4.69) is 0 Å². The van der Waals surface area contributed by atoms with Gasteiger partial charge in [-0.3, -0.25) is 9.00 Å². The largest absolute Gasteiger partial charge is 0.344 e. The van der Waals surface area contributed by atoms with Gasteiger partial charge in [0.05, 0.1) is 12.5 Å². The Morgan fingerprint density at radius 1 is 1.50 bits per heavy atom. The fraction of sp³-hybridized carbons (Fsp3) is 0.818. The summed E-state index contributed by atoms with van der Waals surface area (Å²) in [7, 11) is 0.633. The van der Waals surface area contributed by atoms with E-state index in [-0.39, 0.29) is 16.9 Å². The Balaban J connectivity index is 2.32. The molecular formula is C11H18N2O2S. The summed E-state index contributed by atoms with van der Waals surface area (Å²) in [6, 6.07) is 1.99. The second-order valence-corrected chi connectivity index (χ2v) is 5.87. The summed E-state index contributed by atoms with van der Waals surface area (Å²) in [6.45, 7) is 0.428. The summed E-state index contributed by atoms with van der Waals surface area (Å²) in [5.41, 5.74) is 0. The van der Waals surface area contributed by atoms with Crippen molar-refractivity contribution >= 4 is 16.7 Å². The molecule has 0 aromatic rings. The van der Waals surface area contributed by atoms with Gasteiger partial charge in [0.15, 0.2) is 0 Å². The zero-order valence-electron chi connectivity index (χ0n) is 9.65. The van der Waals surface area contributed by atoms with E-state index in [4.69, 9.17) is 5.26 Å². The maximum atomic E-state index is 11.8. The van der Waals surface area contributed by atoms with Crippen molar-refractivity contribution in [3.05, 3.63) is 0 Å². The smallest absolute Gasteiger partial charge is 0.234 e. The number of carbonyl (C=O) groups excluding carboxylic acids is 1. The third-order valence-corrected chi connectivity index (χ3v) is 4.67. The van der Waals surface area contributed by atoms with Gasteiger partial charge in [0, 0.05) is 29.6 Å². The van der Waals surface area contributed by atoms with Crippen molar-refractivity contribution in [1.82, 2.24) is 4.90 Å². The molecule has 1 aliphatic rings. The number of hydrogen-bond acceptors (Lipinski definition) is 3. The van der Waals surface area contributed by atoms with Gasteiger partial charge in [-0.25, -0.2) is 0 Å². The zero-order valence-corrected chi connectivity index (χ0v) is 10.5. The SMILES string of the molecule is CN(CCC#N)C(=O)CS(=O)C1CCCC1. The Morgan fingerprint density at radius 2 is 2.12 bits per heavy atom. The standard InChI is InChI=1S/C11H18N2O2S/c1-13(8-4-7-12)11(14)9-16(15)10-5-2-3-6-10/h10H,2-6,8-9H2,1H3. The van der Waals surface area contributed by atoms with E-state index >= 15 is 0 Å². The summed E-state index contributed by atoms with van der Waals surface area (Å²) in [4.78, 5) is 13.1. The third-order valence-electron chi connectivity index (χ3n) is 2.92. The molecule has 0 aromatic heterocycles. The Kier molecular flexibility index (Phi) is 5.47. The maximum absolute atomic E-state index is 11.8. The summed E-state index contributed by atoms with van der Waals surface area (Å²) in [6.07, 6.45) is 4.58. The molecular weight excluding hydrogens is 224 g/mol. The number of hydrogen-bond donors (Lipinski definition) is 0. The molecule has 1 rings (SSSR count). The van der Waals surface area contributed by atoms with Gasteiger partial charge in [0.1, 0.15) is 5.75 Å². The summed E-state index contributed by atoms with van der Waals surface area (Å²) < 4.78 is 11.8. The lowest BCUT2D eigenvalue weighted by molar-refractivity contribution is -0.127. The minimum Gasteiger partial charge on any atom is -0.344 e. The molecule has 1 atom stereocenters. The van der Waals surface area contributed by atoms with Crippen molar-refractivity contribution in [1.29, 1.82) is 5.26 Å². The van der Waals surface area contributed by atoms with E-state index in [0.29, 0.717) is 13.0 Å². The number of rotatable bonds is 5. The lowest BCUT2D eigenvalue weighted by Crippen LogP contribution is -2.33. The van der Waals surface area contributed by atoms with E-state index in [0.717, 1.165) is 25.7 Å². The highest BCUT2D eigenvalue weighted by Crippen LogP contribution is 2.22. The predicted molar refractivity (Wildman–Crippen MR) is 63.1 cm³/mol. The number of nitriles is 1. The average Bonchev–Trinajstić information content (AvgIpc) is 2.79. The maximum Gasteiger partial charge on any atom is 0.234 e. The van der Waals surface area contributed by atoms with Crippen molar-refractivity contribution in [2.75, 3.05) is 19.3 Å². The van der Waals surface area contributed by atoms with E-state index < -0.39 is 10.8 Å². The van der Waals surface area contributed by atoms with Crippen LogP contribution in [0.15, 0.2) is 0 Å². The van der Waals surface area contributed by atoms with Gasteiger partial charge < -0.3 is 4.90 Å². The van der Waals surface area contributed by atoms with Gasteiger partial charge in [0.25, 0.3) is 0 Å². The minimum atomic E-state index is -1.03. The normalized spacial score (nSPS) is 18.0. The van der Waals surface area contributed by atoms with Gasteiger partial charge in [-0.1, -0.05) is 12.8 Å². The third kappa shape index (κ3) is 3.93. The topological polar surface area (TPSA) is 61.2 Å². The molecule has 1 fully saturated rings. The first-order chi connectivity index (χ1) is 7.65. The highest BCUT2D eigenvalue weighted by molar-refractivity contribution is 7.86. The van der Waals surface area contributed by atoms with Crippen molar-refractivity contribution < 1.29 is 9.00 Å². The fourth-order valence-electron chi connectivity index (χ4n) is 1.84. The summed E-state index contributed by atoms with van der Waals surface area (Å²) in [5.74, 6) is 0.00699. The second-order valence-electron chi connectivity index (χ2n) is 4.15. The number of amides is 1. The van der Waals surface area contributed by atoms with E-state index in [1.165, 1.54) is 4.90 Å². The lowest BCUT2D eigenvalue weighted by atomic mass is 10.4. The van der Waals surface area contributed by atoms with Crippen LogP contribution in [-0.4, -0.2) is 39.6 Å². The second kappa shape index (κ2) is 6.64. The van der Waals surface area contributed by atoms with Gasteiger partial charge in [-0.2, -0.15) is 5.26 Å². The minimum absolute atomic E-state index is 0.111. The first kappa shape index (κ1) is 13.2. The van der Waals surface area contributed by atoms with Crippen LogP contribution in [0.4, 0.5) is 0 Å². The van der Waals surface area contributed by atoms with Crippen LogP contribution in [0.2, 0.25) is 0 Å². The molecule has 5 heteroatoms. The number of carbonyl (C=O) groups is 1. The molecule has 0 bridgehead atoms. The van der Waals surface area contributed by atoms with Crippen LogP contribution in [-0.2, 0) is 15.6 Å². The van der Waals surface area contributed by atoms with Crippen molar-refractivity contribution in [3.63, 3.8) is 0 Å². The molecule has 1 amide bonds. The molecule has 0 heterocycles. The predicted octanol–water partition coefficient (Wildman–Crippen LogP) is 1.05. The molecule has 0 aromatic carbocycles. The molecule has 1 saturated carbocycles. The van der Waals surface area contributed by atoms with Crippen LogP contribution in [0, 0.1) is 11.3 Å². The molecule has 4 nitrogen and oxygen atoms in total. The highest BCUT2D eigenvalue weighted by Gasteiger charge is 2.24. The zero-order chi connectivity index (χ0) is 12.0. The average molecular weight is 242 g/mol. The van der Waals surface area contributed by atoms with Crippen molar-refractivity contribution in [2.45, 2.75) is 37.4 Å². The summed E-state index contributed by atoms with van der Waals surface area (Å²) in [5, 5.41) is 8.62. The van der Waals surface area contributed by atoms with Crippen molar-refractivity contribution in [3.8, 4) is 6.07 Å². The van der Waals surface area contributed by atoms with Crippen LogP contribution in [0.5, 0.6) is 0 Å². The van der Waals surface area contributed by atoms with Crippen LogP contribution in [0.3, 0.4) is 0 Å². The van der Waals surface area contributed by atoms with Gasteiger partial charge in [-0.05, 0) is 12.8 Å². The molecule has 90 valence electrons. The molecule has 1 unspecified atom stereocenters. The molecule has 0 spiro atoms. The first-order valence-electron chi connectivity index (χ1n) is 5.63. The molecule has 0 radical (unpaired) electrons.